The number of carbonyl (C=O) groups excluding carboxylic acids is 1. The fourth-order valence-electron chi connectivity index (χ4n) is 2.32. The Morgan fingerprint density at radius 2 is 2.21 bits per heavy atom. The molecular weight excluding hydrogens is 347 g/mol. The molecule has 2 rings (SSSR count). The lowest BCUT2D eigenvalue weighted by atomic mass is 9.85. The average Bonchev–Trinajstić information content (AvgIpc) is 2.53. The van der Waals surface area contributed by atoms with Gasteiger partial charge in [0.15, 0.2) is 6.61 Å². The Balaban J connectivity index is 1.91. The molecule has 0 aliphatic heterocycles. The van der Waals surface area contributed by atoms with E-state index in [4.69, 9.17) is 27.9 Å². The lowest BCUT2D eigenvalue weighted by Gasteiger charge is -2.22. The molecule has 0 spiro atoms. The van der Waals surface area contributed by atoms with Crippen LogP contribution >= 0.6 is 23.2 Å². The summed E-state index contributed by atoms with van der Waals surface area (Å²) in [5.41, 5.74) is 5.60. The predicted octanol–water partition coefficient (Wildman–Crippen LogP) is 4.78. The zero-order chi connectivity index (χ0) is 17.7. The van der Waals surface area contributed by atoms with E-state index in [1.165, 1.54) is 0 Å². The molecule has 1 amide bonds. The van der Waals surface area contributed by atoms with E-state index in [0.717, 1.165) is 29.7 Å². The Labute approximate surface area is 152 Å². The highest BCUT2D eigenvalue weighted by Crippen LogP contribution is 2.28. The highest BCUT2D eigenvalue weighted by Gasteiger charge is 2.18. The third-order valence-corrected chi connectivity index (χ3v) is 4.40. The number of ether oxygens (including phenoxy) is 1. The van der Waals surface area contributed by atoms with Crippen molar-refractivity contribution in [3.63, 3.8) is 0 Å². The average molecular weight is 367 g/mol. The molecule has 0 aromatic heterocycles. The summed E-state index contributed by atoms with van der Waals surface area (Å²) in [5.74, 6) is 0.423. The van der Waals surface area contributed by atoms with Crippen LogP contribution in [0, 0.1) is 5.92 Å². The second-order valence-electron chi connectivity index (χ2n) is 5.83. The molecule has 1 N–H and O–H groups in total. The molecule has 1 aliphatic carbocycles. The molecule has 1 aromatic carbocycles. The highest BCUT2D eigenvalue weighted by atomic mass is 35.5. The maximum Gasteiger partial charge on any atom is 0.277 e. The highest BCUT2D eigenvalue weighted by molar-refractivity contribution is 6.35. The van der Waals surface area contributed by atoms with Gasteiger partial charge in [-0.25, -0.2) is 5.43 Å². The molecule has 1 aliphatic rings. The minimum atomic E-state index is -0.348. The number of allylic oxidation sites excluding steroid dienone is 3. The Bertz CT molecular complexity index is 711. The van der Waals surface area contributed by atoms with Crippen molar-refractivity contribution in [3.05, 3.63) is 52.0 Å². The summed E-state index contributed by atoms with van der Waals surface area (Å²) in [5, 5.41) is 5.09. The molecular formula is C18H20Cl2N2O2. The third kappa shape index (κ3) is 5.11. The van der Waals surface area contributed by atoms with Crippen molar-refractivity contribution >= 4 is 34.8 Å². The normalized spacial score (nSPS) is 18.9. The van der Waals surface area contributed by atoms with Gasteiger partial charge in [-0.05, 0) is 56.4 Å². The first-order valence-corrected chi connectivity index (χ1v) is 8.38. The summed E-state index contributed by atoms with van der Waals surface area (Å²) in [4.78, 5) is 11.9. The molecule has 24 heavy (non-hydrogen) atoms. The van der Waals surface area contributed by atoms with E-state index in [1.807, 2.05) is 13.8 Å². The number of carbonyl (C=O) groups is 1. The maximum absolute atomic E-state index is 11.9. The Morgan fingerprint density at radius 1 is 1.46 bits per heavy atom. The zero-order valence-electron chi connectivity index (χ0n) is 13.7. The summed E-state index contributed by atoms with van der Waals surface area (Å²) in [6, 6.07) is 4.83. The number of hydrogen-bond acceptors (Lipinski definition) is 3. The number of hydrazone groups is 1. The SMILES string of the molecule is C=C(C)C1CC=C(C)/C(=N/NC(=O)COc2ccc(Cl)cc2Cl)C1. The quantitative estimate of drug-likeness (QED) is 0.602. The molecule has 0 fully saturated rings. The van der Waals surface area contributed by atoms with Gasteiger partial charge in [-0.3, -0.25) is 4.79 Å². The fourth-order valence-corrected chi connectivity index (χ4v) is 2.78. The molecule has 4 nitrogen and oxygen atoms in total. The third-order valence-electron chi connectivity index (χ3n) is 3.87. The molecule has 0 radical (unpaired) electrons. The van der Waals surface area contributed by atoms with E-state index < -0.39 is 0 Å². The van der Waals surface area contributed by atoms with Gasteiger partial charge in [0.25, 0.3) is 5.91 Å². The first-order chi connectivity index (χ1) is 11.4. The van der Waals surface area contributed by atoms with Gasteiger partial charge in [-0.2, -0.15) is 5.10 Å². The molecule has 6 heteroatoms. The van der Waals surface area contributed by atoms with Crippen molar-refractivity contribution in [2.24, 2.45) is 11.0 Å². The van der Waals surface area contributed by atoms with Crippen LogP contribution < -0.4 is 10.2 Å². The van der Waals surface area contributed by atoms with Gasteiger partial charge in [-0.1, -0.05) is 41.4 Å². The van der Waals surface area contributed by atoms with Crippen LogP contribution in [-0.2, 0) is 4.79 Å². The van der Waals surface area contributed by atoms with E-state index in [0.29, 0.717) is 21.7 Å². The predicted molar refractivity (Wildman–Crippen MR) is 98.8 cm³/mol. The van der Waals surface area contributed by atoms with Crippen molar-refractivity contribution < 1.29 is 9.53 Å². The lowest BCUT2D eigenvalue weighted by molar-refractivity contribution is -0.123. The zero-order valence-corrected chi connectivity index (χ0v) is 15.2. The van der Waals surface area contributed by atoms with Gasteiger partial charge in [0, 0.05) is 5.02 Å². The Morgan fingerprint density at radius 3 is 2.88 bits per heavy atom. The first kappa shape index (κ1) is 18.6. The molecule has 0 saturated heterocycles. The van der Waals surface area contributed by atoms with Gasteiger partial charge in [0.05, 0.1) is 10.7 Å². The van der Waals surface area contributed by atoms with E-state index >= 15 is 0 Å². The topological polar surface area (TPSA) is 50.7 Å². The number of halogens is 2. The van der Waals surface area contributed by atoms with Crippen LogP contribution in [0.25, 0.3) is 0 Å². The van der Waals surface area contributed by atoms with Gasteiger partial charge in [0.1, 0.15) is 5.75 Å². The number of benzene rings is 1. The van der Waals surface area contributed by atoms with Gasteiger partial charge < -0.3 is 4.74 Å². The second-order valence-corrected chi connectivity index (χ2v) is 6.67. The van der Waals surface area contributed by atoms with Crippen LogP contribution in [0.15, 0.2) is 47.1 Å². The van der Waals surface area contributed by atoms with Crippen LogP contribution in [0.3, 0.4) is 0 Å². The van der Waals surface area contributed by atoms with Crippen LogP contribution in [-0.4, -0.2) is 18.2 Å². The van der Waals surface area contributed by atoms with Crippen LogP contribution in [0.1, 0.15) is 26.7 Å². The summed E-state index contributed by atoms with van der Waals surface area (Å²) >= 11 is 11.8. The van der Waals surface area contributed by atoms with Gasteiger partial charge in [-0.15, -0.1) is 0 Å². The molecule has 0 bridgehead atoms. The van der Waals surface area contributed by atoms with Crippen LogP contribution in [0.5, 0.6) is 5.75 Å². The minimum Gasteiger partial charge on any atom is -0.482 e. The standard InChI is InChI=1S/C18H20Cl2N2O2/c1-11(2)13-5-4-12(3)16(8-13)21-22-18(23)10-24-17-7-6-14(19)9-15(17)20/h4,6-7,9,13H,1,5,8,10H2,2-3H3,(H,22,23)/b21-16+. The fraction of sp³-hybridized carbons (Fsp3) is 0.333. The van der Waals surface area contributed by atoms with Crippen molar-refractivity contribution in [3.8, 4) is 5.75 Å². The Kier molecular flexibility index (Phi) is 6.46. The molecule has 128 valence electrons. The van der Waals surface area contributed by atoms with Crippen molar-refractivity contribution in [1.82, 2.24) is 5.43 Å². The van der Waals surface area contributed by atoms with Crippen molar-refractivity contribution in [1.29, 1.82) is 0 Å². The smallest absolute Gasteiger partial charge is 0.277 e. The molecule has 1 unspecified atom stereocenters. The summed E-state index contributed by atoms with van der Waals surface area (Å²) in [6.45, 7) is 7.82. The van der Waals surface area contributed by atoms with Crippen molar-refractivity contribution in [2.45, 2.75) is 26.7 Å². The number of amides is 1. The van der Waals surface area contributed by atoms with Crippen LogP contribution in [0.4, 0.5) is 0 Å². The maximum atomic E-state index is 11.9. The Hall–Kier alpha value is -1.78. The van der Waals surface area contributed by atoms with Crippen molar-refractivity contribution in [2.75, 3.05) is 6.61 Å². The minimum absolute atomic E-state index is 0.176. The number of rotatable bonds is 5. The van der Waals surface area contributed by atoms with Crippen LogP contribution in [0.2, 0.25) is 10.0 Å². The van der Waals surface area contributed by atoms with Gasteiger partial charge >= 0.3 is 0 Å². The van der Waals surface area contributed by atoms with E-state index in [1.54, 1.807) is 18.2 Å². The molecule has 1 atom stereocenters. The first-order valence-electron chi connectivity index (χ1n) is 7.62. The largest absolute Gasteiger partial charge is 0.482 e. The molecule has 0 saturated carbocycles. The molecule has 1 aromatic rings. The number of hydrogen-bond donors (Lipinski definition) is 1. The second kappa shape index (κ2) is 8.36. The van der Waals surface area contributed by atoms with Gasteiger partial charge in [0.2, 0.25) is 0 Å². The monoisotopic (exact) mass is 366 g/mol. The number of nitrogens with zero attached hydrogens (tertiary/aromatic N) is 1. The summed E-state index contributed by atoms with van der Waals surface area (Å²) in [7, 11) is 0. The summed E-state index contributed by atoms with van der Waals surface area (Å²) in [6.07, 6.45) is 3.87. The van der Waals surface area contributed by atoms with E-state index in [-0.39, 0.29) is 12.5 Å². The summed E-state index contributed by atoms with van der Waals surface area (Å²) < 4.78 is 5.38. The number of nitrogens with one attached hydrogen (secondary N) is 1. The molecule has 0 heterocycles. The van der Waals surface area contributed by atoms with E-state index in [2.05, 4.69) is 23.2 Å². The van der Waals surface area contributed by atoms with E-state index in [9.17, 15) is 4.79 Å². The lowest BCUT2D eigenvalue weighted by Crippen LogP contribution is -2.27.